The second-order valence-electron chi connectivity index (χ2n) is 4.63. The number of aromatic nitrogens is 1. The van der Waals surface area contributed by atoms with Crippen LogP contribution in [0.3, 0.4) is 0 Å². The molecule has 1 N–H and O–H groups in total. The van der Waals surface area contributed by atoms with Crippen molar-refractivity contribution in [3.8, 4) is 11.9 Å². The Kier molecular flexibility index (Phi) is 3.85. The lowest BCUT2D eigenvalue weighted by Crippen LogP contribution is -2.18. The number of aromatic hydroxyl groups is 1. The van der Waals surface area contributed by atoms with E-state index >= 15 is 0 Å². The van der Waals surface area contributed by atoms with E-state index in [1.54, 1.807) is 13.0 Å². The lowest BCUT2D eigenvalue weighted by atomic mass is 10.1. The average molecular weight is 282 g/mol. The third-order valence-corrected chi connectivity index (χ3v) is 3.26. The maximum atomic E-state index is 12.1. The van der Waals surface area contributed by atoms with Gasteiger partial charge in [-0.05, 0) is 25.5 Å². The van der Waals surface area contributed by atoms with Crippen molar-refractivity contribution in [2.24, 2.45) is 17.3 Å². The quantitative estimate of drug-likeness (QED) is 0.858. The molecule has 1 heterocycles. The first kappa shape index (κ1) is 14.5. The molecule has 2 aromatic rings. The van der Waals surface area contributed by atoms with E-state index in [-0.39, 0.29) is 17.1 Å². The lowest BCUT2D eigenvalue weighted by Gasteiger charge is -2.08. The second-order valence-corrected chi connectivity index (χ2v) is 4.63. The highest BCUT2D eigenvalue weighted by atomic mass is 16.3. The fraction of sp³-hybridized carbons (Fsp3) is 0.200. The number of aryl methyl sites for hydroxylation is 1. The number of nitrogens with zero attached hydrogens (tertiary/aromatic N) is 4. The zero-order valence-electron chi connectivity index (χ0n) is 12.0. The first-order chi connectivity index (χ1) is 9.97. The van der Waals surface area contributed by atoms with Gasteiger partial charge in [0.1, 0.15) is 11.6 Å². The van der Waals surface area contributed by atoms with Crippen LogP contribution in [0.5, 0.6) is 5.88 Å². The molecule has 0 spiro atoms. The molecule has 0 fully saturated rings. The molecule has 0 aliphatic heterocycles. The van der Waals surface area contributed by atoms with Gasteiger partial charge in [0.05, 0.1) is 5.69 Å². The van der Waals surface area contributed by atoms with Gasteiger partial charge in [0.15, 0.2) is 5.69 Å². The zero-order valence-corrected chi connectivity index (χ0v) is 12.0. The summed E-state index contributed by atoms with van der Waals surface area (Å²) in [6, 6.07) is 9.24. The van der Waals surface area contributed by atoms with Gasteiger partial charge in [-0.15, -0.1) is 5.11 Å². The first-order valence-corrected chi connectivity index (χ1v) is 6.27. The maximum absolute atomic E-state index is 12.1. The summed E-state index contributed by atoms with van der Waals surface area (Å²) < 4.78 is 0.984. The van der Waals surface area contributed by atoms with Crippen molar-refractivity contribution >= 4 is 11.4 Å². The van der Waals surface area contributed by atoms with Crippen LogP contribution in [0.4, 0.5) is 11.4 Å². The Morgan fingerprint density at radius 3 is 2.52 bits per heavy atom. The molecule has 1 aromatic heterocycles. The van der Waals surface area contributed by atoms with Crippen LogP contribution in [0.1, 0.15) is 16.7 Å². The molecule has 2 rings (SSSR count). The van der Waals surface area contributed by atoms with E-state index in [0.29, 0.717) is 11.3 Å². The van der Waals surface area contributed by atoms with Gasteiger partial charge in [-0.3, -0.25) is 9.36 Å². The molecule has 6 heteroatoms. The Balaban J connectivity index is 2.61. The minimum atomic E-state index is -0.499. The Morgan fingerprint density at radius 2 is 1.90 bits per heavy atom. The second kappa shape index (κ2) is 5.59. The molecule has 0 radical (unpaired) electrons. The van der Waals surface area contributed by atoms with Crippen molar-refractivity contribution in [3.63, 3.8) is 0 Å². The van der Waals surface area contributed by atoms with Crippen LogP contribution < -0.4 is 5.56 Å². The molecule has 0 bridgehead atoms. The summed E-state index contributed by atoms with van der Waals surface area (Å²) >= 11 is 0. The van der Waals surface area contributed by atoms with E-state index in [1.165, 1.54) is 7.05 Å². The third-order valence-electron chi connectivity index (χ3n) is 3.26. The largest absolute Gasteiger partial charge is 0.493 e. The number of rotatable bonds is 2. The van der Waals surface area contributed by atoms with Crippen molar-refractivity contribution in [1.29, 1.82) is 5.26 Å². The highest BCUT2D eigenvalue weighted by Gasteiger charge is 2.16. The predicted molar refractivity (Wildman–Crippen MR) is 78.2 cm³/mol. The number of hydrogen-bond acceptors (Lipinski definition) is 5. The Labute approximate surface area is 121 Å². The fourth-order valence-corrected chi connectivity index (χ4v) is 1.90. The monoisotopic (exact) mass is 282 g/mol. The maximum Gasteiger partial charge on any atom is 0.281 e. The van der Waals surface area contributed by atoms with Gasteiger partial charge in [-0.2, -0.15) is 10.4 Å². The first-order valence-electron chi connectivity index (χ1n) is 6.27. The molecule has 21 heavy (non-hydrogen) atoms. The molecule has 0 unspecified atom stereocenters. The summed E-state index contributed by atoms with van der Waals surface area (Å²) in [7, 11) is 1.38. The van der Waals surface area contributed by atoms with Gasteiger partial charge in [-0.1, -0.05) is 18.2 Å². The molecular weight excluding hydrogens is 268 g/mol. The lowest BCUT2D eigenvalue weighted by molar-refractivity contribution is 0.421. The molecule has 1 aromatic carbocycles. The van der Waals surface area contributed by atoms with Crippen molar-refractivity contribution < 1.29 is 5.11 Å². The Morgan fingerprint density at radius 1 is 1.24 bits per heavy atom. The summed E-state index contributed by atoms with van der Waals surface area (Å²) in [4.78, 5) is 12.1. The summed E-state index contributed by atoms with van der Waals surface area (Å²) in [5, 5.41) is 26.9. The average Bonchev–Trinajstić information content (AvgIpc) is 2.47. The number of nitriles is 1. The molecule has 106 valence electrons. The number of pyridine rings is 1. The van der Waals surface area contributed by atoms with Gasteiger partial charge < -0.3 is 5.11 Å². The molecular formula is C15H14N4O2. The number of benzene rings is 1. The molecule has 6 nitrogen and oxygen atoms in total. The van der Waals surface area contributed by atoms with Crippen LogP contribution in [-0.4, -0.2) is 9.67 Å². The van der Waals surface area contributed by atoms with Crippen LogP contribution in [0.25, 0.3) is 0 Å². The molecule has 0 saturated carbocycles. The minimum Gasteiger partial charge on any atom is -0.493 e. The number of hydrogen-bond donors (Lipinski definition) is 1. The van der Waals surface area contributed by atoms with E-state index < -0.39 is 5.56 Å². The SMILES string of the molecule is Cc1ccccc1N=Nc1c(C)c(C#N)c(O)n(C)c1=O. The van der Waals surface area contributed by atoms with Crippen molar-refractivity contribution in [3.05, 3.63) is 51.3 Å². The van der Waals surface area contributed by atoms with Gasteiger partial charge in [0, 0.05) is 12.6 Å². The standard InChI is InChI=1S/C15H14N4O2/c1-9-6-4-5-7-12(9)17-18-13-10(2)11(8-16)14(20)19(3)15(13)21/h4-7,20H,1-3H3. The highest BCUT2D eigenvalue weighted by Crippen LogP contribution is 2.26. The summed E-state index contributed by atoms with van der Waals surface area (Å²) in [5.74, 6) is -0.366. The van der Waals surface area contributed by atoms with E-state index in [0.717, 1.165) is 10.1 Å². The van der Waals surface area contributed by atoms with Gasteiger partial charge >= 0.3 is 0 Å². The van der Waals surface area contributed by atoms with E-state index in [2.05, 4.69) is 10.2 Å². The zero-order chi connectivity index (χ0) is 15.6. The van der Waals surface area contributed by atoms with Gasteiger partial charge in [0.2, 0.25) is 5.88 Å². The topological polar surface area (TPSA) is 90.7 Å². The van der Waals surface area contributed by atoms with E-state index in [4.69, 9.17) is 5.26 Å². The van der Waals surface area contributed by atoms with Crippen LogP contribution in [0.2, 0.25) is 0 Å². The molecule has 0 atom stereocenters. The van der Waals surface area contributed by atoms with Crippen LogP contribution in [0, 0.1) is 25.2 Å². The predicted octanol–water partition coefficient (Wildman–Crippen LogP) is 2.99. The fourth-order valence-electron chi connectivity index (χ4n) is 1.90. The third kappa shape index (κ3) is 2.54. The van der Waals surface area contributed by atoms with Gasteiger partial charge in [0.25, 0.3) is 5.56 Å². The molecule has 0 saturated heterocycles. The normalized spacial score (nSPS) is 10.8. The van der Waals surface area contributed by atoms with Crippen LogP contribution >= 0.6 is 0 Å². The van der Waals surface area contributed by atoms with Crippen molar-refractivity contribution in [2.45, 2.75) is 13.8 Å². The van der Waals surface area contributed by atoms with Crippen LogP contribution in [0.15, 0.2) is 39.3 Å². The van der Waals surface area contributed by atoms with E-state index in [9.17, 15) is 9.90 Å². The highest BCUT2D eigenvalue weighted by molar-refractivity contribution is 5.56. The van der Waals surface area contributed by atoms with Crippen molar-refractivity contribution in [2.75, 3.05) is 0 Å². The van der Waals surface area contributed by atoms with Crippen molar-refractivity contribution in [1.82, 2.24) is 4.57 Å². The number of azo groups is 1. The summed E-state index contributed by atoms with van der Waals surface area (Å²) in [6.07, 6.45) is 0. The minimum absolute atomic E-state index is 0.0239. The van der Waals surface area contributed by atoms with Crippen LogP contribution in [-0.2, 0) is 7.05 Å². The van der Waals surface area contributed by atoms with E-state index in [1.807, 2.05) is 31.2 Å². The smallest absolute Gasteiger partial charge is 0.281 e. The molecule has 0 amide bonds. The molecule has 0 aliphatic rings. The van der Waals surface area contributed by atoms with Gasteiger partial charge in [-0.25, -0.2) is 0 Å². The summed E-state index contributed by atoms with van der Waals surface area (Å²) in [6.45, 7) is 3.45. The molecule has 0 aliphatic carbocycles. The summed E-state index contributed by atoms with van der Waals surface area (Å²) in [5.41, 5.74) is 1.46. The Hall–Kier alpha value is -2.94. The Bertz CT molecular complexity index is 829.